The van der Waals surface area contributed by atoms with Gasteiger partial charge in [-0.25, -0.2) is 4.79 Å². The molecule has 0 fully saturated rings. The fourth-order valence-electron chi connectivity index (χ4n) is 1.15. The number of halogens is 1. The number of benzene rings is 1. The van der Waals surface area contributed by atoms with Crippen LogP contribution in [0.3, 0.4) is 0 Å². The maximum atomic E-state index is 11.3. The standard InChI is InChI=1S/C11H12BrNO3/c1-16-11(15)8-3-2-4-9(7-8)13-10(14)5-6-12/h2-4,7H,5-6H2,1H3,(H,13,14). The van der Waals surface area contributed by atoms with Crippen molar-refractivity contribution in [2.75, 3.05) is 17.8 Å². The summed E-state index contributed by atoms with van der Waals surface area (Å²) in [5, 5.41) is 3.29. The van der Waals surface area contributed by atoms with E-state index < -0.39 is 5.97 Å². The molecule has 1 aromatic rings. The summed E-state index contributed by atoms with van der Waals surface area (Å²) in [6.45, 7) is 0. The lowest BCUT2D eigenvalue weighted by Crippen LogP contribution is -2.12. The predicted molar refractivity (Wildman–Crippen MR) is 64.8 cm³/mol. The van der Waals surface area contributed by atoms with Crippen LogP contribution in [0.4, 0.5) is 5.69 Å². The molecule has 0 aliphatic heterocycles. The Kier molecular flexibility index (Phi) is 4.98. The van der Waals surface area contributed by atoms with Crippen LogP contribution in [0.15, 0.2) is 24.3 Å². The number of amides is 1. The van der Waals surface area contributed by atoms with Crippen molar-refractivity contribution < 1.29 is 14.3 Å². The van der Waals surface area contributed by atoms with Crippen LogP contribution in [-0.4, -0.2) is 24.3 Å². The van der Waals surface area contributed by atoms with Crippen LogP contribution in [0.25, 0.3) is 0 Å². The van der Waals surface area contributed by atoms with Gasteiger partial charge < -0.3 is 10.1 Å². The largest absolute Gasteiger partial charge is 0.465 e. The normalized spacial score (nSPS) is 9.62. The first-order valence-electron chi connectivity index (χ1n) is 4.71. The fourth-order valence-corrected chi connectivity index (χ4v) is 1.51. The zero-order valence-corrected chi connectivity index (χ0v) is 10.4. The molecule has 86 valence electrons. The third kappa shape index (κ3) is 3.66. The topological polar surface area (TPSA) is 55.4 Å². The minimum Gasteiger partial charge on any atom is -0.465 e. The minimum absolute atomic E-state index is 0.0982. The molecule has 4 nitrogen and oxygen atoms in total. The van der Waals surface area contributed by atoms with Gasteiger partial charge in [0.15, 0.2) is 0 Å². The van der Waals surface area contributed by atoms with Crippen LogP contribution in [0.5, 0.6) is 0 Å². The molecule has 5 heteroatoms. The van der Waals surface area contributed by atoms with E-state index in [0.717, 1.165) is 0 Å². The number of rotatable bonds is 4. The molecule has 0 spiro atoms. The van der Waals surface area contributed by atoms with E-state index in [1.165, 1.54) is 7.11 Å². The highest BCUT2D eigenvalue weighted by Gasteiger charge is 2.07. The molecule has 1 N–H and O–H groups in total. The summed E-state index contributed by atoms with van der Waals surface area (Å²) in [5.74, 6) is -0.518. The first kappa shape index (κ1) is 12.7. The summed E-state index contributed by atoms with van der Waals surface area (Å²) in [6.07, 6.45) is 0.391. The fraction of sp³-hybridized carbons (Fsp3) is 0.273. The summed E-state index contributed by atoms with van der Waals surface area (Å²) in [5.41, 5.74) is 1.01. The highest BCUT2D eigenvalue weighted by molar-refractivity contribution is 9.09. The molecule has 0 saturated heterocycles. The van der Waals surface area contributed by atoms with Gasteiger partial charge in [0.25, 0.3) is 0 Å². The number of carbonyl (C=O) groups is 2. The van der Waals surface area contributed by atoms with Gasteiger partial charge >= 0.3 is 5.97 Å². The third-order valence-electron chi connectivity index (χ3n) is 1.89. The summed E-state index contributed by atoms with van der Waals surface area (Å²) >= 11 is 3.18. The Morgan fingerprint density at radius 3 is 2.81 bits per heavy atom. The van der Waals surface area contributed by atoms with Gasteiger partial charge in [0.1, 0.15) is 0 Å². The summed E-state index contributed by atoms with van der Waals surface area (Å²) in [4.78, 5) is 22.5. The number of ether oxygens (including phenoxy) is 1. The van der Waals surface area contributed by atoms with Crippen LogP contribution in [-0.2, 0) is 9.53 Å². The van der Waals surface area contributed by atoms with Crippen LogP contribution in [0, 0.1) is 0 Å². The van der Waals surface area contributed by atoms with Crippen molar-refractivity contribution in [1.29, 1.82) is 0 Å². The van der Waals surface area contributed by atoms with Gasteiger partial charge in [0, 0.05) is 17.4 Å². The van der Waals surface area contributed by atoms with Gasteiger partial charge in [-0.2, -0.15) is 0 Å². The second-order valence-corrected chi connectivity index (χ2v) is 3.85. The molecule has 0 aliphatic rings. The lowest BCUT2D eigenvalue weighted by Gasteiger charge is -2.05. The Morgan fingerprint density at radius 1 is 1.44 bits per heavy atom. The number of anilines is 1. The molecule has 0 bridgehead atoms. The number of hydrogen-bond acceptors (Lipinski definition) is 3. The number of hydrogen-bond donors (Lipinski definition) is 1. The second kappa shape index (κ2) is 6.27. The summed E-state index contributed by atoms with van der Waals surface area (Å²) < 4.78 is 4.58. The Hall–Kier alpha value is -1.36. The van der Waals surface area contributed by atoms with E-state index in [4.69, 9.17) is 0 Å². The molecule has 16 heavy (non-hydrogen) atoms. The van der Waals surface area contributed by atoms with Gasteiger partial charge in [-0.15, -0.1) is 0 Å². The average Bonchev–Trinajstić information content (AvgIpc) is 2.28. The highest BCUT2D eigenvalue weighted by Crippen LogP contribution is 2.11. The third-order valence-corrected chi connectivity index (χ3v) is 2.29. The lowest BCUT2D eigenvalue weighted by atomic mass is 10.2. The Balaban J connectivity index is 2.74. The van der Waals surface area contributed by atoms with Gasteiger partial charge in [0.2, 0.25) is 5.91 Å². The second-order valence-electron chi connectivity index (χ2n) is 3.06. The average molecular weight is 286 g/mol. The SMILES string of the molecule is COC(=O)c1cccc(NC(=O)CCBr)c1. The molecule has 0 atom stereocenters. The quantitative estimate of drug-likeness (QED) is 0.682. The van der Waals surface area contributed by atoms with Crippen LogP contribution in [0.2, 0.25) is 0 Å². The molecule has 1 aromatic carbocycles. The van der Waals surface area contributed by atoms with Crippen molar-refractivity contribution >= 4 is 33.5 Å². The van der Waals surface area contributed by atoms with Gasteiger partial charge in [0.05, 0.1) is 12.7 Å². The van der Waals surface area contributed by atoms with Crippen molar-refractivity contribution in [2.24, 2.45) is 0 Å². The van der Waals surface area contributed by atoms with Gasteiger partial charge in [-0.05, 0) is 18.2 Å². The molecule has 0 radical (unpaired) electrons. The van der Waals surface area contributed by atoms with Gasteiger partial charge in [-0.3, -0.25) is 4.79 Å². The van der Waals surface area contributed by atoms with Crippen molar-refractivity contribution in [3.63, 3.8) is 0 Å². The van der Waals surface area contributed by atoms with E-state index in [-0.39, 0.29) is 5.91 Å². The smallest absolute Gasteiger partial charge is 0.337 e. The molecule has 1 rings (SSSR count). The number of carbonyl (C=O) groups excluding carboxylic acids is 2. The van der Waals surface area contributed by atoms with E-state index in [1.54, 1.807) is 24.3 Å². The molecular weight excluding hydrogens is 274 g/mol. The van der Waals surface area contributed by atoms with Crippen molar-refractivity contribution in [3.05, 3.63) is 29.8 Å². The monoisotopic (exact) mass is 285 g/mol. The number of nitrogens with one attached hydrogen (secondary N) is 1. The first-order valence-corrected chi connectivity index (χ1v) is 5.83. The zero-order chi connectivity index (χ0) is 12.0. The van der Waals surface area contributed by atoms with Crippen LogP contribution in [0.1, 0.15) is 16.8 Å². The van der Waals surface area contributed by atoms with Crippen LogP contribution < -0.4 is 5.32 Å². The maximum Gasteiger partial charge on any atom is 0.337 e. The molecule has 1 amide bonds. The molecule has 0 saturated carbocycles. The summed E-state index contributed by atoms with van der Waals surface area (Å²) in [7, 11) is 1.32. The minimum atomic E-state index is -0.420. The molecular formula is C11H12BrNO3. The van der Waals surface area contributed by atoms with Crippen molar-refractivity contribution in [3.8, 4) is 0 Å². The van der Waals surface area contributed by atoms with E-state index in [2.05, 4.69) is 26.0 Å². The Bertz CT molecular complexity index is 393. The van der Waals surface area contributed by atoms with E-state index in [9.17, 15) is 9.59 Å². The molecule has 0 heterocycles. The first-order chi connectivity index (χ1) is 7.67. The van der Waals surface area contributed by atoms with E-state index in [1.807, 2.05) is 0 Å². The van der Waals surface area contributed by atoms with Gasteiger partial charge in [-0.1, -0.05) is 22.0 Å². The Labute approximate surface area is 102 Å². The van der Waals surface area contributed by atoms with Crippen LogP contribution >= 0.6 is 15.9 Å². The molecule has 0 aromatic heterocycles. The lowest BCUT2D eigenvalue weighted by molar-refractivity contribution is -0.115. The maximum absolute atomic E-state index is 11.3. The number of methoxy groups -OCH3 is 1. The number of alkyl halides is 1. The Morgan fingerprint density at radius 2 is 2.19 bits per heavy atom. The predicted octanol–water partition coefficient (Wildman–Crippen LogP) is 2.20. The van der Waals surface area contributed by atoms with Crippen molar-refractivity contribution in [2.45, 2.75) is 6.42 Å². The van der Waals surface area contributed by atoms with Crippen molar-refractivity contribution in [1.82, 2.24) is 0 Å². The van der Waals surface area contributed by atoms with E-state index in [0.29, 0.717) is 23.0 Å². The summed E-state index contributed by atoms with van der Waals surface area (Å²) in [6, 6.07) is 6.62. The zero-order valence-electron chi connectivity index (χ0n) is 8.83. The number of esters is 1. The highest BCUT2D eigenvalue weighted by atomic mass is 79.9. The molecule has 0 unspecified atom stereocenters. The molecule has 0 aliphatic carbocycles. The van der Waals surface area contributed by atoms with E-state index >= 15 is 0 Å².